The van der Waals surface area contributed by atoms with Crippen LogP contribution in [-0.4, -0.2) is 65.2 Å². The lowest BCUT2D eigenvalue weighted by atomic mass is 10.4. The van der Waals surface area contributed by atoms with Crippen LogP contribution in [0.15, 0.2) is 11.2 Å². The van der Waals surface area contributed by atoms with Gasteiger partial charge < -0.3 is 9.47 Å². The molecule has 8 heteroatoms. The summed E-state index contributed by atoms with van der Waals surface area (Å²) >= 11 is 3.43. The SMILES string of the molecule is CCn1cc(S(=O)(=O)N2CCCN(CCBr)CC2)nc1C. The van der Waals surface area contributed by atoms with Gasteiger partial charge in [-0.15, -0.1) is 0 Å². The molecule has 120 valence electrons. The summed E-state index contributed by atoms with van der Waals surface area (Å²) in [7, 11) is -3.47. The van der Waals surface area contributed by atoms with E-state index in [0.717, 1.165) is 43.8 Å². The Bertz CT molecular complexity index is 573. The highest BCUT2D eigenvalue weighted by molar-refractivity contribution is 9.09. The van der Waals surface area contributed by atoms with E-state index in [4.69, 9.17) is 0 Å². The lowest BCUT2D eigenvalue weighted by molar-refractivity contribution is 0.305. The van der Waals surface area contributed by atoms with E-state index < -0.39 is 10.0 Å². The van der Waals surface area contributed by atoms with Crippen molar-refractivity contribution in [3.05, 3.63) is 12.0 Å². The van der Waals surface area contributed by atoms with Gasteiger partial charge in [-0.2, -0.15) is 4.31 Å². The topological polar surface area (TPSA) is 58.4 Å². The Kier molecular flexibility index (Phi) is 5.81. The van der Waals surface area contributed by atoms with E-state index in [0.29, 0.717) is 13.1 Å². The molecule has 0 bridgehead atoms. The maximum atomic E-state index is 12.7. The van der Waals surface area contributed by atoms with Gasteiger partial charge in [-0.25, -0.2) is 13.4 Å². The van der Waals surface area contributed by atoms with Gasteiger partial charge in [-0.05, 0) is 26.8 Å². The lowest BCUT2D eigenvalue weighted by Crippen LogP contribution is -2.35. The van der Waals surface area contributed by atoms with Gasteiger partial charge in [0.2, 0.25) is 0 Å². The Hall–Kier alpha value is -0.440. The first-order chi connectivity index (χ1) is 9.98. The molecule has 1 saturated heterocycles. The summed E-state index contributed by atoms with van der Waals surface area (Å²) in [5, 5.41) is 1.09. The first kappa shape index (κ1) is 16.9. The first-order valence-electron chi connectivity index (χ1n) is 7.31. The average molecular weight is 379 g/mol. The molecular weight excluding hydrogens is 356 g/mol. The van der Waals surface area contributed by atoms with Gasteiger partial charge in [0.25, 0.3) is 10.0 Å². The third-order valence-corrected chi connectivity index (χ3v) is 5.97. The van der Waals surface area contributed by atoms with Gasteiger partial charge in [0, 0.05) is 44.3 Å². The van der Waals surface area contributed by atoms with Crippen LogP contribution in [0.1, 0.15) is 19.2 Å². The molecule has 0 unspecified atom stereocenters. The molecule has 0 N–H and O–H groups in total. The fourth-order valence-electron chi connectivity index (χ4n) is 2.59. The maximum Gasteiger partial charge on any atom is 0.262 e. The molecule has 2 heterocycles. The second kappa shape index (κ2) is 7.21. The van der Waals surface area contributed by atoms with Crippen LogP contribution in [0.5, 0.6) is 0 Å². The standard InChI is InChI=1S/C13H23BrN4O2S/c1-3-17-11-13(15-12(17)2)21(19,20)18-7-4-6-16(8-5-14)9-10-18/h11H,3-10H2,1-2H3. The zero-order valence-corrected chi connectivity index (χ0v) is 15.0. The molecule has 1 aromatic heterocycles. The predicted molar refractivity (Wildman–Crippen MR) is 86.2 cm³/mol. The van der Waals surface area contributed by atoms with E-state index in [-0.39, 0.29) is 5.03 Å². The molecule has 0 amide bonds. The third-order valence-electron chi connectivity index (χ3n) is 3.85. The van der Waals surface area contributed by atoms with E-state index in [9.17, 15) is 8.42 Å². The molecular formula is C13H23BrN4O2S. The number of halogens is 1. The molecule has 1 aliphatic heterocycles. The van der Waals surface area contributed by atoms with Gasteiger partial charge in [0.1, 0.15) is 5.82 Å². The minimum absolute atomic E-state index is 0.177. The molecule has 0 atom stereocenters. The number of aryl methyl sites for hydroxylation is 2. The zero-order valence-electron chi connectivity index (χ0n) is 12.6. The van der Waals surface area contributed by atoms with Crippen LogP contribution in [0.2, 0.25) is 0 Å². The quantitative estimate of drug-likeness (QED) is 0.724. The second-order valence-corrected chi connectivity index (χ2v) is 7.88. The Morgan fingerprint density at radius 1 is 1.29 bits per heavy atom. The normalized spacial score (nSPS) is 18.8. The number of imidazole rings is 1. The van der Waals surface area contributed by atoms with Crippen LogP contribution in [0, 0.1) is 6.92 Å². The van der Waals surface area contributed by atoms with E-state index in [1.807, 2.05) is 18.4 Å². The largest absolute Gasteiger partial charge is 0.334 e. The maximum absolute atomic E-state index is 12.7. The lowest BCUT2D eigenvalue weighted by Gasteiger charge is -2.20. The second-order valence-electron chi connectivity index (χ2n) is 5.20. The minimum atomic E-state index is -3.47. The van der Waals surface area contributed by atoms with Gasteiger partial charge in [0.15, 0.2) is 5.03 Å². The van der Waals surface area contributed by atoms with Crippen LogP contribution >= 0.6 is 15.9 Å². The van der Waals surface area contributed by atoms with Crippen molar-refractivity contribution in [1.82, 2.24) is 18.8 Å². The van der Waals surface area contributed by atoms with Crippen molar-refractivity contribution in [3.63, 3.8) is 0 Å². The van der Waals surface area contributed by atoms with Gasteiger partial charge >= 0.3 is 0 Å². The Morgan fingerprint density at radius 2 is 2.05 bits per heavy atom. The third kappa shape index (κ3) is 3.85. The summed E-state index contributed by atoms with van der Waals surface area (Å²) in [5.74, 6) is 0.742. The van der Waals surface area contributed by atoms with E-state index in [1.165, 1.54) is 0 Å². The summed E-state index contributed by atoms with van der Waals surface area (Å²) in [5.41, 5.74) is 0. The van der Waals surface area contributed by atoms with E-state index in [2.05, 4.69) is 25.8 Å². The zero-order chi connectivity index (χ0) is 15.5. The summed E-state index contributed by atoms with van der Waals surface area (Å²) in [6.45, 7) is 8.33. The molecule has 0 saturated carbocycles. The monoisotopic (exact) mass is 378 g/mol. The number of alkyl halides is 1. The van der Waals surface area contributed by atoms with Crippen LogP contribution in [0.3, 0.4) is 0 Å². The fourth-order valence-corrected chi connectivity index (χ4v) is 4.55. The Balaban J connectivity index is 2.15. The molecule has 6 nitrogen and oxygen atoms in total. The van der Waals surface area contributed by atoms with Crippen molar-refractivity contribution in [2.75, 3.05) is 38.1 Å². The molecule has 0 aliphatic carbocycles. The average Bonchev–Trinajstić information content (AvgIpc) is 2.68. The van der Waals surface area contributed by atoms with Gasteiger partial charge in [-0.1, -0.05) is 15.9 Å². The number of aromatic nitrogens is 2. The predicted octanol–water partition coefficient (Wildman–Crippen LogP) is 1.30. The number of rotatable bonds is 5. The summed E-state index contributed by atoms with van der Waals surface area (Å²) < 4.78 is 28.9. The summed E-state index contributed by atoms with van der Waals surface area (Å²) in [6.07, 6.45) is 2.51. The molecule has 21 heavy (non-hydrogen) atoms. The smallest absolute Gasteiger partial charge is 0.262 e. The Morgan fingerprint density at radius 3 is 2.67 bits per heavy atom. The van der Waals surface area contributed by atoms with Crippen molar-refractivity contribution >= 4 is 26.0 Å². The molecule has 2 rings (SSSR count). The van der Waals surface area contributed by atoms with Crippen molar-refractivity contribution < 1.29 is 8.42 Å². The van der Waals surface area contributed by atoms with Crippen molar-refractivity contribution in [1.29, 1.82) is 0 Å². The number of nitrogens with zero attached hydrogens (tertiary/aromatic N) is 4. The van der Waals surface area contributed by atoms with Gasteiger partial charge in [0.05, 0.1) is 0 Å². The molecule has 1 fully saturated rings. The van der Waals surface area contributed by atoms with Crippen molar-refractivity contribution in [2.24, 2.45) is 0 Å². The van der Waals surface area contributed by atoms with Crippen molar-refractivity contribution in [2.45, 2.75) is 31.8 Å². The summed E-state index contributed by atoms with van der Waals surface area (Å²) in [4.78, 5) is 6.52. The van der Waals surface area contributed by atoms with Crippen LogP contribution < -0.4 is 0 Å². The van der Waals surface area contributed by atoms with Gasteiger partial charge in [-0.3, -0.25) is 0 Å². The minimum Gasteiger partial charge on any atom is -0.334 e. The van der Waals surface area contributed by atoms with Crippen LogP contribution in [0.25, 0.3) is 0 Å². The molecule has 0 radical (unpaired) electrons. The van der Waals surface area contributed by atoms with Crippen LogP contribution in [-0.2, 0) is 16.6 Å². The Labute approximate surface area is 135 Å². The highest BCUT2D eigenvalue weighted by Crippen LogP contribution is 2.17. The highest BCUT2D eigenvalue weighted by Gasteiger charge is 2.29. The number of hydrogen-bond donors (Lipinski definition) is 0. The molecule has 1 aliphatic rings. The fraction of sp³-hybridized carbons (Fsp3) is 0.769. The number of sulfonamides is 1. The molecule has 0 aromatic carbocycles. The summed E-state index contributed by atoms with van der Waals surface area (Å²) in [6, 6.07) is 0. The first-order valence-corrected chi connectivity index (χ1v) is 9.87. The van der Waals surface area contributed by atoms with E-state index >= 15 is 0 Å². The van der Waals surface area contributed by atoms with E-state index in [1.54, 1.807) is 10.5 Å². The highest BCUT2D eigenvalue weighted by atomic mass is 79.9. The molecule has 0 spiro atoms. The molecule has 1 aromatic rings. The number of hydrogen-bond acceptors (Lipinski definition) is 4. The van der Waals surface area contributed by atoms with Crippen molar-refractivity contribution in [3.8, 4) is 0 Å². The van der Waals surface area contributed by atoms with Crippen LogP contribution in [0.4, 0.5) is 0 Å².